The van der Waals surface area contributed by atoms with E-state index in [9.17, 15) is 0 Å². The van der Waals surface area contributed by atoms with Crippen molar-refractivity contribution in [2.24, 2.45) is 0 Å². The molecule has 5 aromatic rings. The van der Waals surface area contributed by atoms with Gasteiger partial charge in [0.25, 0.3) is 0 Å². The number of aryl methyl sites for hydroxylation is 1. The van der Waals surface area contributed by atoms with Crippen LogP contribution in [-0.4, -0.2) is 9.97 Å². The zero-order valence-corrected chi connectivity index (χ0v) is 21.0. The van der Waals surface area contributed by atoms with Crippen molar-refractivity contribution in [2.45, 2.75) is 6.92 Å². The van der Waals surface area contributed by atoms with E-state index >= 15 is 0 Å². The zero-order chi connectivity index (χ0) is 22.9. The fourth-order valence-corrected chi connectivity index (χ4v) is 3.22. The Labute approximate surface area is 214 Å². The first-order chi connectivity index (χ1) is 16.2. The molecule has 4 heteroatoms. The summed E-state index contributed by atoms with van der Waals surface area (Å²) in [7, 11) is 0. The van der Waals surface area contributed by atoms with Gasteiger partial charge in [0.15, 0.2) is 0 Å². The van der Waals surface area contributed by atoms with Crippen molar-refractivity contribution in [2.75, 3.05) is 0 Å². The maximum absolute atomic E-state index is 8.77. The van der Waals surface area contributed by atoms with Crippen LogP contribution in [0.25, 0.3) is 33.6 Å². The van der Waals surface area contributed by atoms with Gasteiger partial charge >= 0.3 is 0 Å². The van der Waals surface area contributed by atoms with Crippen LogP contribution in [0.2, 0.25) is 0 Å². The molecular formula is C30H21IrN3-2. The first-order valence-electron chi connectivity index (χ1n) is 10.6. The van der Waals surface area contributed by atoms with Crippen LogP contribution in [-0.2, 0) is 20.1 Å². The fraction of sp³-hybridized carbons (Fsp3) is 0.0333. The van der Waals surface area contributed by atoms with Gasteiger partial charge in [-0.15, -0.1) is 65.7 Å². The molecule has 0 fully saturated rings. The molecule has 0 N–H and O–H groups in total. The summed E-state index contributed by atoms with van der Waals surface area (Å²) in [5.41, 5.74) is 7.75. The molecule has 5 rings (SSSR count). The summed E-state index contributed by atoms with van der Waals surface area (Å²) in [6.07, 6.45) is 3.72. The summed E-state index contributed by atoms with van der Waals surface area (Å²) in [4.78, 5) is 8.78. The van der Waals surface area contributed by atoms with Gasteiger partial charge in [0.2, 0.25) is 0 Å². The number of pyridine rings is 2. The van der Waals surface area contributed by atoms with Crippen LogP contribution in [0.4, 0.5) is 0 Å². The third kappa shape index (κ3) is 6.56. The Bertz CT molecular complexity index is 1280. The summed E-state index contributed by atoms with van der Waals surface area (Å²) in [6.45, 7) is 1.99. The Kier molecular flexibility index (Phi) is 9.00. The van der Waals surface area contributed by atoms with E-state index in [2.05, 4.69) is 46.4 Å². The minimum Gasteiger partial charge on any atom is -0.304 e. The number of rotatable bonds is 3. The maximum Gasteiger partial charge on any atom is 0.0789 e. The number of aromatic nitrogens is 2. The summed E-state index contributed by atoms with van der Waals surface area (Å²) >= 11 is 0. The van der Waals surface area contributed by atoms with Gasteiger partial charge in [-0.2, -0.15) is 5.26 Å². The van der Waals surface area contributed by atoms with Crippen LogP contribution in [0.15, 0.2) is 109 Å². The average molecular weight is 616 g/mol. The largest absolute Gasteiger partial charge is 0.304 e. The van der Waals surface area contributed by atoms with Crippen molar-refractivity contribution in [3.63, 3.8) is 0 Å². The second-order valence-corrected chi connectivity index (χ2v) is 7.40. The second kappa shape index (κ2) is 12.4. The van der Waals surface area contributed by atoms with Crippen LogP contribution in [0.5, 0.6) is 0 Å². The Hall–Kier alpha value is -3.90. The van der Waals surface area contributed by atoms with E-state index in [1.54, 1.807) is 18.2 Å². The van der Waals surface area contributed by atoms with E-state index in [0.29, 0.717) is 5.56 Å². The van der Waals surface area contributed by atoms with Crippen LogP contribution < -0.4 is 0 Å². The molecule has 2 aromatic heterocycles. The monoisotopic (exact) mass is 616 g/mol. The first-order valence-corrected chi connectivity index (χ1v) is 10.6. The number of nitriles is 1. The molecule has 0 saturated carbocycles. The smallest absolute Gasteiger partial charge is 0.0789 e. The molecule has 0 spiro atoms. The third-order valence-corrected chi connectivity index (χ3v) is 4.97. The predicted molar refractivity (Wildman–Crippen MR) is 132 cm³/mol. The van der Waals surface area contributed by atoms with Gasteiger partial charge in [-0.05, 0) is 40.6 Å². The minimum absolute atomic E-state index is 0. The number of benzene rings is 3. The fourth-order valence-electron chi connectivity index (χ4n) is 3.22. The van der Waals surface area contributed by atoms with E-state index in [4.69, 9.17) is 5.26 Å². The first kappa shape index (κ1) is 24.7. The molecule has 0 amide bonds. The van der Waals surface area contributed by atoms with Crippen LogP contribution in [0, 0.1) is 30.4 Å². The van der Waals surface area contributed by atoms with Crippen LogP contribution in [0.3, 0.4) is 0 Å². The van der Waals surface area contributed by atoms with Crippen molar-refractivity contribution in [3.05, 3.63) is 133 Å². The number of nitrogens with zero attached hydrogens (tertiary/aromatic N) is 3. The molecule has 3 aromatic carbocycles. The van der Waals surface area contributed by atoms with E-state index in [1.807, 2.05) is 80.0 Å². The predicted octanol–water partition coefficient (Wildman–Crippen LogP) is 6.94. The van der Waals surface area contributed by atoms with Crippen LogP contribution in [0.1, 0.15) is 11.1 Å². The Morgan fingerprint density at radius 1 is 0.676 bits per heavy atom. The molecule has 0 unspecified atom stereocenters. The van der Waals surface area contributed by atoms with Gasteiger partial charge in [-0.25, -0.2) is 0 Å². The minimum atomic E-state index is 0. The quantitative estimate of drug-likeness (QED) is 0.207. The zero-order valence-electron chi connectivity index (χ0n) is 18.6. The summed E-state index contributed by atoms with van der Waals surface area (Å²) in [5, 5.41) is 8.77. The molecule has 0 aliphatic rings. The average Bonchev–Trinajstić information content (AvgIpc) is 2.91. The number of hydrogen-bond donors (Lipinski definition) is 0. The van der Waals surface area contributed by atoms with Crippen molar-refractivity contribution in [1.82, 2.24) is 9.97 Å². The second-order valence-electron chi connectivity index (χ2n) is 7.40. The summed E-state index contributed by atoms with van der Waals surface area (Å²) < 4.78 is 0. The van der Waals surface area contributed by atoms with Crippen molar-refractivity contribution < 1.29 is 20.1 Å². The number of hydrogen-bond acceptors (Lipinski definition) is 3. The van der Waals surface area contributed by atoms with E-state index in [1.165, 1.54) is 5.56 Å². The Balaban J connectivity index is 0.000000188. The van der Waals surface area contributed by atoms with Crippen molar-refractivity contribution in [1.29, 1.82) is 5.26 Å². The van der Waals surface area contributed by atoms with Gasteiger partial charge in [0.05, 0.1) is 6.07 Å². The topological polar surface area (TPSA) is 49.6 Å². The molecule has 0 aliphatic heterocycles. The van der Waals surface area contributed by atoms with E-state index < -0.39 is 0 Å². The molecule has 2 heterocycles. The molecule has 167 valence electrons. The standard InChI is InChI=1S/C17H12N.C13H9N2.Ir/c1-3-7-14(8-4-1)16-11-12-17(18-13-16)15-9-5-2-6-10-15;1-10-5-6-13(15-9-10)12-4-2-3-11(7-12)8-14;/h1-9,11-13H;2-3,5-7,9H,1H3;/q2*-1;. The molecule has 0 atom stereocenters. The Morgan fingerprint density at radius 2 is 1.38 bits per heavy atom. The third-order valence-electron chi connectivity index (χ3n) is 4.97. The van der Waals surface area contributed by atoms with Gasteiger partial charge in [-0.3, -0.25) is 0 Å². The van der Waals surface area contributed by atoms with Crippen molar-refractivity contribution >= 4 is 0 Å². The molecule has 0 saturated heterocycles. The normalized spacial score (nSPS) is 9.65. The summed E-state index contributed by atoms with van der Waals surface area (Å²) in [5.74, 6) is 0. The van der Waals surface area contributed by atoms with E-state index in [-0.39, 0.29) is 20.1 Å². The molecule has 3 nitrogen and oxygen atoms in total. The van der Waals surface area contributed by atoms with Crippen LogP contribution >= 0.6 is 0 Å². The van der Waals surface area contributed by atoms with Gasteiger partial charge in [0, 0.05) is 32.5 Å². The molecule has 0 bridgehead atoms. The SMILES string of the molecule is Cc1ccc(-c2[c-]ccc(C#N)c2)nc1.[Ir].[c-]1ccccc1-c1ccc(-c2ccccc2)cn1. The molecule has 1 radical (unpaired) electrons. The van der Waals surface area contributed by atoms with Gasteiger partial charge in [-0.1, -0.05) is 54.6 Å². The summed E-state index contributed by atoms with van der Waals surface area (Å²) in [6, 6.07) is 39.8. The maximum atomic E-state index is 8.77. The molecular weight excluding hydrogens is 595 g/mol. The van der Waals surface area contributed by atoms with E-state index in [0.717, 1.165) is 33.6 Å². The molecule has 34 heavy (non-hydrogen) atoms. The van der Waals surface area contributed by atoms with Gasteiger partial charge in [0.1, 0.15) is 0 Å². The molecule has 0 aliphatic carbocycles. The van der Waals surface area contributed by atoms with Gasteiger partial charge < -0.3 is 9.97 Å². The van der Waals surface area contributed by atoms with Crippen molar-refractivity contribution in [3.8, 4) is 39.7 Å². The Morgan fingerprint density at radius 3 is 2.03 bits per heavy atom.